The smallest absolute Gasteiger partial charge is 0.0809 e. The number of benzene rings is 2. The maximum atomic E-state index is 10.2. The van der Waals surface area contributed by atoms with E-state index in [4.69, 9.17) is 5.73 Å². The standard InChI is InChI=1S/C18H23NO3/c19-18(12-20,13-21)11-17(22)16-8-6-15(7-9-16)10-14-4-2-1-3-5-14/h1-9,17,20-22H,10-13,19H2. The quantitative estimate of drug-likeness (QED) is 0.622. The maximum absolute atomic E-state index is 10.2. The zero-order chi connectivity index (χ0) is 16.0. The van der Waals surface area contributed by atoms with Gasteiger partial charge in [0.2, 0.25) is 0 Å². The molecule has 1 unspecified atom stereocenters. The number of nitrogens with two attached hydrogens (primary N) is 1. The molecule has 4 nitrogen and oxygen atoms in total. The van der Waals surface area contributed by atoms with E-state index < -0.39 is 11.6 Å². The fourth-order valence-electron chi connectivity index (χ4n) is 2.37. The van der Waals surface area contributed by atoms with Gasteiger partial charge < -0.3 is 21.1 Å². The summed E-state index contributed by atoms with van der Waals surface area (Å²) in [6.45, 7) is -0.737. The molecule has 2 aromatic carbocycles. The van der Waals surface area contributed by atoms with Crippen molar-refractivity contribution in [2.24, 2.45) is 5.73 Å². The van der Waals surface area contributed by atoms with Crippen LogP contribution in [0.15, 0.2) is 54.6 Å². The van der Waals surface area contributed by atoms with E-state index in [2.05, 4.69) is 12.1 Å². The van der Waals surface area contributed by atoms with E-state index in [0.29, 0.717) is 0 Å². The highest BCUT2D eigenvalue weighted by Crippen LogP contribution is 2.23. The van der Waals surface area contributed by atoms with Gasteiger partial charge in [-0.25, -0.2) is 0 Å². The fraction of sp³-hybridized carbons (Fsp3) is 0.333. The Kier molecular flexibility index (Phi) is 5.69. The summed E-state index contributed by atoms with van der Waals surface area (Å²) in [5.74, 6) is 0. The minimum absolute atomic E-state index is 0.109. The van der Waals surface area contributed by atoms with Gasteiger partial charge in [0.05, 0.1) is 24.9 Å². The Labute approximate surface area is 130 Å². The van der Waals surface area contributed by atoms with E-state index >= 15 is 0 Å². The van der Waals surface area contributed by atoms with Gasteiger partial charge in [0, 0.05) is 0 Å². The molecule has 0 bridgehead atoms. The average molecular weight is 301 g/mol. The summed E-state index contributed by atoms with van der Waals surface area (Å²) >= 11 is 0. The first-order valence-corrected chi connectivity index (χ1v) is 7.38. The molecule has 5 N–H and O–H groups in total. The summed E-state index contributed by atoms with van der Waals surface area (Å²) in [7, 11) is 0. The first kappa shape index (κ1) is 16.6. The van der Waals surface area contributed by atoms with E-state index in [9.17, 15) is 15.3 Å². The summed E-state index contributed by atoms with van der Waals surface area (Å²) in [5.41, 5.74) is 7.76. The van der Waals surface area contributed by atoms with Gasteiger partial charge in [-0.05, 0) is 29.5 Å². The molecule has 0 aliphatic carbocycles. The van der Waals surface area contributed by atoms with Crippen LogP contribution in [0, 0.1) is 0 Å². The number of rotatable bonds is 7. The number of aliphatic hydroxyl groups is 3. The zero-order valence-corrected chi connectivity index (χ0v) is 12.5. The molecule has 1 atom stereocenters. The summed E-state index contributed by atoms with van der Waals surface area (Å²) < 4.78 is 0. The van der Waals surface area contributed by atoms with Crippen molar-refractivity contribution in [2.75, 3.05) is 13.2 Å². The Bertz CT molecular complexity index is 565. The predicted octanol–water partition coefficient (Wildman–Crippen LogP) is 1.38. The van der Waals surface area contributed by atoms with Crippen LogP contribution in [0.25, 0.3) is 0 Å². The number of hydrogen-bond donors (Lipinski definition) is 4. The Morgan fingerprint density at radius 3 is 1.95 bits per heavy atom. The van der Waals surface area contributed by atoms with Crippen molar-refractivity contribution in [3.8, 4) is 0 Å². The van der Waals surface area contributed by atoms with Crippen LogP contribution in [0.5, 0.6) is 0 Å². The SMILES string of the molecule is NC(CO)(CO)CC(O)c1ccc(Cc2ccccc2)cc1. The van der Waals surface area contributed by atoms with Gasteiger partial charge in [0.15, 0.2) is 0 Å². The molecule has 0 aliphatic rings. The lowest BCUT2D eigenvalue weighted by molar-refractivity contribution is 0.0618. The molecular formula is C18H23NO3. The van der Waals surface area contributed by atoms with Crippen LogP contribution in [0.4, 0.5) is 0 Å². The molecule has 4 heteroatoms. The van der Waals surface area contributed by atoms with E-state index in [1.54, 1.807) is 0 Å². The van der Waals surface area contributed by atoms with E-state index in [-0.39, 0.29) is 19.6 Å². The Morgan fingerprint density at radius 2 is 1.41 bits per heavy atom. The van der Waals surface area contributed by atoms with Gasteiger partial charge in [-0.15, -0.1) is 0 Å². The van der Waals surface area contributed by atoms with Gasteiger partial charge in [0.1, 0.15) is 0 Å². The molecule has 0 aliphatic heterocycles. The molecule has 2 rings (SSSR count). The van der Waals surface area contributed by atoms with Crippen LogP contribution < -0.4 is 5.73 Å². The van der Waals surface area contributed by atoms with Crippen LogP contribution in [0.2, 0.25) is 0 Å². The summed E-state index contributed by atoms with van der Waals surface area (Å²) in [6, 6.07) is 17.8. The van der Waals surface area contributed by atoms with Crippen LogP contribution in [-0.4, -0.2) is 34.1 Å². The van der Waals surface area contributed by atoms with Crippen molar-refractivity contribution in [3.63, 3.8) is 0 Å². The summed E-state index contributed by atoms with van der Waals surface area (Å²) in [6.07, 6.45) is 0.138. The van der Waals surface area contributed by atoms with Crippen LogP contribution in [0.3, 0.4) is 0 Å². The van der Waals surface area contributed by atoms with Crippen molar-refractivity contribution in [3.05, 3.63) is 71.3 Å². The average Bonchev–Trinajstić information content (AvgIpc) is 2.56. The largest absolute Gasteiger partial charge is 0.394 e. The van der Waals surface area contributed by atoms with Gasteiger partial charge in [0.25, 0.3) is 0 Å². The van der Waals surface area contributed by atoms with E-state index in [1.807, 2.05) is 42.5 Å². The molecule has 0 fully saturated rings. The molecule has 0 amide bonds. The number of aliphatic hydroxyl groups excluding tert-OH is 3. The second-order valence-electron chi connectivity index (χ2n) is 5.80. The lowest BCUT2D eigenvalue weighted by atomic mass is 9.91. The van der Waals surface area contributed by atoms with Crippen LogP contribution in [0.1, 0.15) is 29.2 Å². The highest BCUT2D eigenvalue weighted by molar-refractivity contribution is 5.29. The molecule has 2 aromatic rings. The molecule has 0 saturated heterocycles. The van der Waals surface area contributed by atoms with Crippen LogP contribution in [-0.2, 0) is 6.42 Å². The molecule has 0 radical (unpaired) electrons. The second kappa shape index (κ2) is 7.51. The van der Waals surface area contributed by atoms with Crippen molar-refractivity contribution in [1.29, 1.82) is 0 Å². The van der Waals surface area contributed by atoms with E-state index in [1.165, 1.54) is 5.56 Å². The van der Waals surface area contributed by atoms with Gasteiger partial charge >= 0.3 is 0 Å². The molecule has 0 saturated carbocycles. The van der Waals surface area contributed by atoms with E-state index in [0.717, 1.165) is 17.5 Å². The lowest BCUT2D eigenvalue weighted by Gasteiger charge is -2.27. The highest BCUT2D eigenvalue weighted by Gasteiger charge is 2.27. The first-order valence-electron chi connectivity index (χ1n) is 7.38. The Morgan fingerprint density at radius 1 is 0.864 bits per heavy atom. The molecule has 0 spiro atoms. The van der Waals surface area contributed by atoms with Gasteiger partial charge in [-0.2, -0.15) is 0 Å². The minimum Gasteiger partial charge on any atom is -0.394 e. The molecule has 22 heavy (non-hydrogen) atoms. The molecule has 0 heterocycles. The Balaban J connectivity index is 2.02. The topological polar surface area (TPSA) is 86.7 Å². The predicted molar refractivity (Wildman–Crippen MR) is 86.4 cm³/mol. The Hall–Kier alpha value is -1.72. The third kappa shape index (κ3) is 4.39. The molecule has 118 valence electrons. The third-order valence-corrected chi connectivity index (χ3v) is 3.85. The summed E-state index contributed by atoms with van der Waals surface area (Å²) in [4.78, 5) is 0. The van der Waals surface area contributed by atoms with Crippen molar-refractivity contribution in [2.45, 2.75) is 24.5 Å². The van der Waals surface area contributed by atoms with Gasteiger partial charge in [-0.3, -0.25) is 0 Å². The number of hydrogen-bond acceptors (Lipinski definition) is 4. The van der Waals surface area contributed by atoms with Crippen molar-refractivity contribution < 1.29 is 15.3 Å². The molecule has 0 aromatic heterocycles. The van der Waals surface area contributed by atoms with Crippen LogP contribution >= 0.6 is 0 Å². The first-order chi connectivity index (χ1) is 10.6. The normalized spacial score (nSPS) is 13.1. The zero-order valence-electron chi connectivity index (χ0n) is 12.5. The lowest BCUT2D eigenvalue weighted by Crippen LogP contribution is -2.48. The molecular weight excluding hydrogens is 278 g/mol. The monoisotopic (exact) mass is 301 g/mol. The third-order valence-electron chi connectivity index (χ3n) is 3.85. The highest BCUT2D eigenvalue weighted by atomic mass is 16.3. The summed E-state index contributed by atoms with van der Waals surface area (Å²) in [5, 5.41) is 28.6. The minimum atomic E-state index is -1.16. The fourth-order valence-corrected chi connectivity index (χ4v) is 2.37. The van der Waals surface area contributed by atoms with Crippen molar-refractivity contribution in [1.82, 2.24) is 0 Å². The van der Waals surface area contributed by atoms with Gasteiger partial charge in [-0.1, -0.05) is 54.6 Å². The maximum Gasteiger partial charge on any atom is 0.0809 e. The second-order valence-corrected chi connectivity index (χ2v) is 5.80. The van der Waals surface area contributed by atoms with Crippen molar-refractivity contribution >= 4 is 0 Å².